The molecule has 1 N–H and O–H groups in total. The summed E-state index contributed by atoms with van der Waals surface area (Å²) in [5, 5.41) is 3.28. The quantitative estimate of drug-likeness (QED) is 0.655. The summed E-state index contributed by atoms with van der Waals surface area (Å²) >= 11 is 0. The van der Waals surface area contributed by atoms with Gasteiger partial charge in [0, 0.05) is 12.7 Å². The molecule has 0 spiro atoms. The smallest absolute Gasteiger partial charge is 0.125 e. The van der Waals surface area contributed by atoms with E-state index in [1.54, 1.807) is 0 Å². The third kappa shape index (κ3) is 2.49. The Morgan fingerprint density at radius 3 is 2.92 bits per heavy atom. The van der Waals surface area contributed by atoms with Gasteiger partial charge in [-0.3, -0.25) is 0 Å². The van der Waals surface area contributed by atoms with E-state index in [-0.39, 0.29) is 0 Å². The molecule has 72 valence electrons. The SMILES string of the molecule is CC.Cc1ncc2c(n1)CNCC2. The van der Waals surface area contributed by atoms with Crippen LogP contribution in [0.15, 0.2) is 6.20 Å². The van der Waals surface area contributed by atoms with Gasteiger partial charge in [-0.25, -0.2) is 9.97 Å². The summed E-state index contributed by atoms with van der Waals surface area (Å²) in [6.07, 6.45) is 3.01. The van der Waals surface area contributed by atoms with Crippen LogP contribution in [0.5, 0.6) is 0 Å². The van der Waals surface area contributed by atoms with E-state index in [0.717, 1.165) is 25.3 Å². The summed E-state index contributed by atoms with van der Waals surface area (Å²) in [5.74, 6) is 0.868. The van der Waals surface area contributed by atoms with Gasteiger partial charge < -0.3 is 5.32 Å². The van der Waals surface area contributed by atoms with Gasteiger partial charge in [0.1, 0.15) is 5.82 Å². The van der Waals surface area contributed by atoms with Crippen LogP contribution < -0.4 is 5.32 Å². The van der Waals surface area contributed by atoms with Gasteiger partial charge in [-0.05, 0) is 25.5 Å². The first-order valence-corrected chi connectivity index (χ1v) is 4.88. The topological polar surface area (TPSA) is 37.8 Å². The number of aromatic nitrogens is 2. The Labute approximate surface area is 79.6 Å². The molecule has 0 aromatic carbocycles. The maximum absolute atomic E-state index is 4.34. The molecule has 0 saturated carbocycles. The first-order valence-electron chi connectivity index (χ1n) is 4.88. The Hall–Kier alpha value is -0.960. The second-order valence-corrected chi connectivity index (χ2v) is 2.82. The van der Waals surface area contributed by atoms with Crippen LogP contribution in [0.25, 0.3) is 0 Å². The molecule has 0 saturated heterocycles. The third-order valence-corrected chi connectivity index (χ3v) is 1.94. The molecule has 1 aromatic rings. The molecule has 0 radical (unpaired) electrons. The van der Waals surface area contributed by atoms with Crippen molar-refractivity contribution in [3.8, 4) is 0 Å². The molecule has 2 rings (SSSR count). The number of fused-ring (bicyclic) bond motifs is 1. The zero-order chi connectivity index (χ0) is 9.68. The Kier molecular flexibility index (Phi) is 3.83. The fraction of sp³-hybridized carbons (Fsp3) is 0.600. The number of hydrogen-bond acceptors (Lipinski definition) is 3. The zero-order valence-corrected chi connectivity index (χ0v) is 8.59. The van der Waals surface area contributed by atoms with Gasteiger partial charge in [-0.15, -0.1) is 0 Å². The number of hydrogen-bond donors (Lipinski definition) is 1. The molecule has 1 aliphatic rings. The van der Waals surface area contributed by atoms with Gasteiger partial charge in [-0.2, -0.15) is 0 Å². The molecule has 1 aliphatic heterocycles. The normalized spacial score (nSPS) is 14.1. The molecule has 0 amide bonds. The summed E-state index contributed by atoms with van der Waals surface area (Å²) in [7, 11) is 0. The van der Waals surface area contributed by atoms with Crippen LogP contribution in [-0.2, 0) is 13.0 Å². The molecule has 0 bridgehead atoms. The Morgan fingerprint density at radius 2 is 2.15 bits per heavy atom. The second-order valence-electron chi connectivity index (χ2n) is 2.82. The minimum absolute atomic E-state index is 0.868. The van der Waals surface area contributed by atoms with Crippen molar-refractivity contribution in [3.05, 3.63) is 23.3 Å². The molecule has 3 heteroatoms. The van der Waals surface area contributed by atoms with Crippen LogP contribution in [0.2, 0.25) is 0 Å². The fourth-order valence-corrected chi connectivity index (χ4v) is 1.33. The number of nitrogens with zero attached hydrogens (tertiary/aromatic N) is 2. The van der Waals surface area contributed by atoms with Crippen LogP contribution in [0.1, 0.15) is 30.9 Å². The highest BCUT2D eigenvalue weighted by Crippen LogP contribution is 2.08. The minimum atomic E-state index is 0.868. The highest BCUT2D eigenvalue weighted by molar-refractivity contribution is 5.19. The average Bonchev–Trinajstić information content (AvgIpc) is 2.21. The van der Waals surface area contributed by atoms with Gasteiger partial charge in [0.2, 0.25) is 0 Å². The van der Waals surface area contributed by atoms with Crippen molar-refractivity contribution >= 4 is 0 Å². The van der Waals surface area contributed by atoms with Crippen LogP contribution in [0.4, 0.5) is 0 Å². The van der Waals surface area contributed by atoms with Gasteiger partial charge >= 0.3 is 0 Å². The first kappa shape index (κ1) is 10.1. The highest BCUT2D eigenvalue weighted by Gasteiger charge is 2.09. The standard InChI is InChI=1S/C8H11N3.C2H6/c1-6-10-4-7-2-3-9-5-8(7)11-6;1-2/h4,9H,2-3,5H2,1H3;1-2H3. The van der Waals surface area contributed by atoms with Crippen molar-refractivity contribution in [3.63, 3.8) is 0 Å². The Morgan fingerprint density at radius 1 is 1.38 bits per heavy atom. The molecule has 0 aliphatic carbocycles. The van der Waals surface area contributed by atoms with E-state index in [0.29, 0.717) is 0 Å². The Balaban J connectivity index is 0.000000396. The van der Waals surface area contributed by atoms with Crippen molar-refractivity contribution in [2.24, 2.45) is 0 Å². The molecule has 0 fully saturated rings. The van der Waals surface area contributed by atoms with Gasteiger partial charge in [0.15, 0.2) is 0 Å². The second kappa shape index (κ2) is 4.92. The minimum Gasteiger partial charge on any atom is -0.311 e. The van der Waals surface area contributed by atoms with E-state index in [4.69, 9.17) is 0 Å². The van der Waals surface area contributed by atoms with E-state index in [1.807, 2.05) is 27.0 Å². The number of aryl methyl sites for hydroxylation is 1. The largest absolute Gasteiger partial charge is 0.311 e. The van der Waals surface area contributed by atoms with Crippen molar-refractivity contribution in [1.82, 2.24) is 15.3 Å². The van der Waals surface area contributed by atoms with Crippen LogP contribution >= 0.6 is 0 Å². The van der Waals surface area contributed by atoms with Gasteiger partial charge in [-0.1, -0.05) is 13.8 Å². The number of rotatable bonds is 0. The fourth-order valence-electron chi connectivity index (χ4n) is 1.33. The summed E-state index contributed by atoms with van der Waals surface area (Å²) in [6.45, 7) is 7.88. The molecule has 0 unspecified atom stereocenters. The molecular formula is C10H17N3. The van der Waals surface area contributed by atoms with Crippen molar-refractivity contribution < 1.29 is 0 Å². The highest BCUT2D eigenvalue weighted by atomic mass is 14.9. The summed E-state index contributed by atoms with van der Waals surface area (Å²) < 4.78 is 0. The molecular weight excluding hydrogens is 162 g/mol. The van der Waals surface area contributed by atoms with Crippen molar-refractivity contribution in [2.75, 3.05) is 6.54 Å². The lowest BCUT2D eigenvalue weighted by molar-refractivity contribution is 0.619. The summed E-state index contributed by atoms with van der Waals surface area (Å²) in [5.41, 5.74) is 2.47. The van der Waals surface area contributed by atoms with Crippen LogP contribution in [0, 0.1) is 6.92 Å². The van der Waals surface area contributed by atoms with E-state index >= 15 is 0 Å². The van der Waals surface area contributed by atoms with E-state index < -0.39 is 0 Å². The molecule has 3 nitrogen and oxygen atoms in total. The predicted octanol–water partition coefficient (Wildman–Crippen LogP) is 1.46. The van der Waals surface area contributed by atoms with Crippen LogP contribution in [-0.4, -0.2) is 16.5 Å². The zero-order valence-electron chi connectivity index (χ0n) is 8.59. The lowest BCUT2D eigenvalue weighted by atomic mass is 10.1. The maximum Gasteiger partial charge on any atom is 0.125 e. The Bertz CT molecular complexity index is 271. The molecule has 2 heterocycles. The van der Waals surface area contributed by atoms with Crippen molar-refractivity contribution in [1.29, 1.82) is 0 Å². The predicted molar refractivity (Wildman–Crippen MR) is 53.5 cm³/mol. The summed E-state index contributed by atoms with van der Waals surface area (Å²) in [6, 6.07) is 0. The third-order valence-electron chi connectivity index (χ3n) is 1.94. The van der Waals surface area contributed by atoms with Gasteiger partial charge in [0.05, 0.1) is 5.69 Å². The number of nitrogens with one attached hydrogen (secondary N) is 1. The molecule has 1 aromatic heterocycles. The van der Waals surface area contributed by atoms with Crippen molar-refractivity contribution in [2.45, 2.75) is 33.7 Å². The monoisotopic (exact) mass is 179 g/mol. The van der Waals surface area contributed by atoms with E-state index in [9.17, 15) is 0 Å². The first-order chi connectivity index (χ1) is 6.36. The lowest BCUT2D eigenvalue weighted by Crippen LogP contribution is -2.25. The van der Waals surface area contributed by atoms with Crippen LogP contribution in [0.3, 0.4) is 0 Å². The molecule has 0 atom stereocenters. The van der Waals surface area contributed by atoms with Gasteiger partial charge in [0.25, 0.3) is 0 Å². The summed E-state index contributed by atoms with van der Waals surface area (Å²) in [4.78, 5) is 8.49. The van der Waals surface area contributed by atoms with E-state index in [2.05, 4.69) is 15.3 Å². The lowest BCUT2D eigenvalue weighted by Gasteiger charge is -2.14. The molecule has 13 heavy (non-hydrogen) atoms. The van der Waals surface area contributed by atoms with E-state index in [1.165, 1.54) is 11.3 Å². The average molecular weight is 179 g/mol. The maximum atomic E-state index is 4.34.